The molecule has 3 rings (SSSR count). The standard InChI is InChI=1S/C18H24OS/c1-3-7-14-10-11-17-16(12-14)18(13(2)19-17)20-15-8-5-4-6-9-15/h10-12,15H,3-9H2,1-2H3. The van der Waals surface area contributed by atoms with Gasteiger partial charge in [-0.2, -0.15) is 0 Å². The first-order valence-corrected chi connectivity index (χ1v) is 8.84. The Morgan fingerprint density at radius 1 is 1.20 bits per heavy atom. The highest BCUT2D eigenvalue weighted by molar-refractivity contribution is 8.00. The highest BCUT2D eigenvalue weighted by Gasteiger charge is 2.19. The minimum atomic E-state index is 0.790. The number of thioether (sulfide) groups is 1. The summed E-state index contributed by atoms with van der Waals surface area (Å²) in [5.74, 6) is 1.10. The van der Waals surface area contributed by atoms with E-state index in [0.29, 0.717) is 0 Å². The Balaban J connectivity index is 1.91. The second-order valence-corrected chi connectivity index (χ2v) is 7.26. The maximum Gasteiger partial charge on any atom is 0.135 e. The first-order chi connectivity index (χ1) is 9.78. The molecule has 20 heavy (non-hydrogen) atoms. The third-order valence-electron chi connectivity index (χ3n) is 4.25. The SMILES string of the molecule is CCCc1ccc2oc(C)c(SC3CCCCC3)c2c1. The molecule has 1 aromatic carbocycles. The molecular weight excluding hydrogens is 264 g/mol. The number of furan rings is 1. The summed E-state index contributed by atoms with van der Waals surface area (Å²) >= 11 is 2.06. The summed E-state index contributed by atoms with van der Waals surface area (Å²) in [5, 5.41) is 2.13. The number of hydrogen-bond donors (Lipinski definition) is 0. The molecule has 0 bridgehead atoms. The molecule has 1 aliphatic rings. The van der Waals surface area contributed by atoms with Gasteiger partial charge in [0.2, 0.25) is 0 Å². The lowest BCUT2D eigenvalue weighted by atomic mass is 10.0. The van der Waals surface area contributed by atoms with Crippen LogP contribution in [-0.2, 0) is 6.42 Å². The van der Waals surface area contributed by atoms with Crippen LogP contribution in [0.25, 0.3) is 11.0 Å². The van der Waals surface area contributed by atoms with Crippen LogP contribution in [0.4, 0.5) is 0 Å². The van der Waals surface area contributed by atoms with Gasteiger partial charge in [0.1, 0.15) is 11.3 Å². The number of hydrogen-bond acceptors (Lipinski definition) is 2. The van der Waals surface area contributed by atoms with Crippen molar-refractivity contribution in [2.24, 2.45) is 0 Å². The zero-order chi connectivity index (χ0) is 13.9. The summed E-state index contributed by atoms with van der Waals surface area (Å²) in [4.78, 5) is 1.39. The van der Waals surface area contributed by atoms with E-state index in [-0.39, 0.29) is 0 Å². The summed E-state index contributed by atoms with van der Waals surface area (Å²) in [6, 6.07) is 6.71. The van der Waals surface area contributed by atoms with Crippen LogP contribution in [0.15, 0.2) is 27.5 Å². The van der Waals surface area contributed by atoms with Crippen molar-refractivity contribution < 1.29 is 4.42 Å². The van der Waals surface area contributed by atoms with Crippen LogP contribution in [0.2, 0.25) is 0 Å². The quantitative estimate of drug-likeness (QED) is 0.672. The fraction of sp³-hybridized carbons (Fsp3) is 0.556. The highest BCUT2D eigenvalue weighted by Crippen LogP contribution is 2.40. The maximum atomic E-state index is 5.95. The van der Waals surface area contributed by atoms with Gasteiger partial charge in [-0.3, -0.25) is 0 Å². The third-order valence-corrected chi connectivity index (χ3v) is 5.79. The normalized spacial score (nSPS) is 16.9. The molecule has 1 fully saturated rings. The van der Waals surface area contributed by atoms with Crippen LogP contribution >= 0.6 is 11.8 Å². The average Bonchev–Trinajstić information content (AvgIpc) is 2.77. The fourth-order valence-corrected chi connectivity index (χ4v) is 4.58. The van der Waals surface area contributed by atoms with E-state index < -0.39 is 0 Å². The van der Waals surface area contributed by atoms with Gasteiger partial charge >= 0.3 is 0 Å². The van der Waals surface area contributed by atoms with Gasteiger partial charge in [-0.1, -0.05) is 38.7 Å². The Labute approximate surface area is 126 Å². The monoisotopic (exact) mass is 288 g/mol. The molecule has 0 aliphatic heterocycles. The van der Waals surface area contributed by atoms with Crippen LogP contribution in [-0.4, -0.2) is 5.25 Å². The molecule has 0 spiro atoms. The zero-order valence-corrected chi connectivity index (χ0v) is 13.4. The lowest BCUT2D eigenvalue weighted by molar-refractivity contribution is 0.515. The number of rotatable bonds is 4. The maximum absolute atomic E-state index is 5.95. The second kappa shape index (κ2) is 6.26. The van der Waals surface area contributed by atoms with Crippen LogP contribution in [0.3, 0.4) is 0 Å². The van der Waals surface area contributed by atoms with Crippen molar-refractivity contribution in [3.8, 4) is 0 Å². The zero-order valence-electron chi connectivity index (χ0n) is 12.6. The molecular formula is C18H24OS. The van der Waals surface area contributed by atoms with E-state index in [9.17, 15) is 0 Å². The largest absolute Gasteiger partial charge is 0.460 e. The van der Waals surface area contributed by atoms with Crippen molar-refractivity contribution in [2.75, 3.05) is 0 Å². The van der Waals surface area contributed by atoms with E-state index in [2.05, 4.69) is 43.8 Å². The molecule has 1 aliphatic carbocycles. The van der Waals surface area contributed by atoms with Crippen LogP contribution in [0.1, 0.15) is 56.8 Å². The van der Waals surface area contributed by atoms with Crippen LogP contribution in [0.5, 0.6) is 0 Å². The number of aryl methyl sites for hydroxylation is 2. The van der Waals surface area contributed by atoms with Gasteiger partial charge < -0.3 is 4.42 Å². The first kappa shape index (κ1) is 14.1. The molecule has 0 unspecified atom stereocenters. The molecule has 1 nitrogen and oxygen atoms in total. The average molecular weight is 288 g/mol. The van der Waals surface area contributed by atoms with E-state index in [1.54, 1.807) is 0 Å². The molecule has 108 valence electrons. The third kappa shape index (κ3) is 2.90. The van der Waals surface area contributed by atoms with Crippen molar-refractivity contribution in [1.29, 1.82) is 0 Å². The highest BCUT2D eigenvalue weighted by atomic mass is 32.2. The lowest BCUT2D eigenvalue weighted by Gasteiger charge is -2.20. The smallest absolute Gasteiger partial charge is 0.135 e. The van der Waals surface area contributed by atoms with Gasteiger partial charge in [-0.25, -0.2) is 0 Å². The molecule has 1 aromatic heterocycles. The molecule has 0 saturated heterocycles. The first-order valence-electron chi connectivity index (χ1n) is 7.96. The van der Waals surface area contributed by atoms with Gasteiger partial charge in [0, 0.05) is 10.6 Å². The van der Waals surface area contributed by atoms with E-state index in [1.165, 1.54) is 54.4 Å². The van der Waals surface area contributed by atoms with Gasteiger partial charge in [-0.15, -0.1) is 11.8 Å². The van der Waals surface area contributed by atoms with Gasteiger partial charge in [0.05, 0.1) is 4.90 Å². The predicted molar refractivity (Wildman–Crippen MR) is 87.7 cm³/mol. The molecule has 0 radical (unpaired) electrons. The molecule has 1 saturated carbocycles. The van der Waals surface area contributed by atoms with Crippen molar-refractivity contribution >= 4 is 22.7 Å². The Hall–Kier alpha value is -0.890. The molecule has 0 atom stereocenters. The Bertz CT molecular complexity index is 578. The van der Waals surface area contributed by atoms with Crippen LogP contribution in [0, 0.1) is 6.92 Å². The number of benzene rings is 1. The van der Waals surface area contributed by atoms with E-state index in [4.69, 9.17) is 4.42 Å². The topological polar surface area (TPSA) is 13.1 Å². The van der Waals surface area contributed by atoms with Crippen molar-refractivity contribution in [3.63, 3.8) is 0 Å². The Kier molecular flexibility index (Phi) is 4.40. The van der Waals surface area contributed by atoms with Crippen molar-refractivity contribution in [2.45, 2.75) is 68.9 Å². The minimum Gasteiger partial charge on any atom is -0.460 e. The van der Waals surface area contributed by atoms with Gasteiger partial charge in [-0.05, 0) is 43.9 Å². The van der Waals surface area contributed by atoms with E-state index in [0.717, 1.165) is 23.0 Å². The fourth-order valence-electron chi connectivity index (χ4n) is 3.18. The van der Waals surface area contributed by atoms with E-state index in [1.807, 2.05) is 0 Å². The van der Waals surface area contributed by atoms with E-state index >= 15 is 0 Å². The molecule has 0 N–H and O–H groups in total. The van der Waals surface area contributed by atoms with Gasteiger partial charge in [0.15, 0.2) is 0 Å². The van der Waals surface area contributed by atoms with Crippen molar-refractivity contribution in [1.82, 2.24) is 0 Å². The Morgan fingerprint density at radius 3 is 2.75 bits per heavy atom. The summed E-state index contributed by atoms with van der Waals surface area (Å²) in [6.45, 7) is 4.35. The minimum absolute atomic E-state index is 0.790. The Morgan fingerprint density at radius 2 is 2.00 bits per heavy atom. The lowest BCUT2D eigenvalue weighted by Crippen LogP contribution is -2.07. The van der Waals surface area contributed by atoms with Crippen LogP contribution < -0.4 is 0 Å². The second-order valence-electron chi connectivity index (χ2n) is 5.95. The summed E-state index contributed by atoms with van der Waals surface area (Å²) in [6.07, 6.45) is 9.31. The molecule has 0 amide bonds. The summed E-state index contributed by atoms with van der Waals surface area (Å²) in [5.41, 5.74) is 2.49. The predicted octanol–water partition coefficient (Wildman–Crippen LogP) is 6.12. The number of fused-ring (bicyclic) bond motifs is 1. The molecule has 1 heterocycles. The van der Waals surface area contributed by atoms with Crippen molar-refractivity contribution in [3.05, 3.63) is 29.5 Å². The summed E-state index contributed by atoms with van der Waals surface area (Å²) in [7, 11) is 0. The summed E-state index contributed by atoms with van der Waals surface area (Å²) < 4.78 is 5.95. The molecule has 2 heteroatoms. The van der Waals surface area contributed by atoms with Gasteiger partial charge in [0.25, 0.3) is 0 Å². The molecule has 2 aromatic rings.